The van der Waals surface area contributed by atoms with Crippen molar-refractivity contribution in [3.05, 3.63) is 72.6 Å². The number of amides is 4. The molecule has 0 fully saturated rings. The van der Waals surface area contributed by atoms with Crippen LogP contribution in [0.3, 0.4) is 0 Å². The number of H-pyrrole nitrogens is 2. The van der Waals surface area contributed by atoms with Crippen molar-refractivity contribution in [3.63, 3.8) is 0 Å². The molecule has 2 aromatic carbocycles. The first-order chi connectivity index (χ1) is 23.9. The Morgan fingerprint density at radius 3 is 1.52 bits per heavy atom. The molecule has 4 N–H and O–H groups in total. The van der Waals surface area contributed by atoms with Gasteiger partial charge in [0, 0.05) is 6.54 Å². The van der Waals surface area contributed by atoms with Gasteiger partial charge in [-0.05, 0) is 41.2 Å². The Labute approximate surface area is 291 Å². The van der Waals surface area contributed by atoms with Crippen molar-refractivity contribution in [2.24, 2.45) is 0 Å². The van der Waals surface area contributed by atoms with Crippen LogP contribution in [-0.4, -0.2) is 106 Å². The molecule has 0 radical (unpaired) electrons. The molecule has 0 aliphatic rings. The zero-order chi connectivity index (χ0) is 36.3. The van der Waals surface area contributed by atoms with Crippen LogP contribution in [0.2, 0.25) is 0 Å². The molecule has 50 heavy (non-hydrogen) atoms. The Balaban J connectivity index is 1.39. The fourth-order valence-electron chi connectivity index (χ4n) is 5.03. The number of nitrogens with one attached hydrogen (secondary N) is 4. The average molecular weight is 711 g/mol. The molecule has 14 nitrogen and oxygen atoms in total. The van der Waals surface area contributed by atoms with Crippen molar-refractivity contribution in [1.29, 1.82) is 0 Å². The minimum absolute atomic E-state index is 0.0495. The number of rotatable bonds is 15. The first-order valence-electron chi connectivity index (χ1n) is 15.8. The van der Waals surface area contributed by atoms with E-state index < -0.39 is 28.5 Å². The zero-order valence-electron chi connectivity index (χ0n) is 28.7. The Kier molecular flexibility index (Phi) is 13.0. The second-order valence-electron chi connectivity index (χ2n) is 11.8. The van der Waals surface area contributed by atoms with Gasteiger partial charge in [0.25, 0.3) is 0 Å². The molecule has 0 bridgehead atoms. The lowest BCUT2D eigenvalue weighted by atomic mass is 10.0. The fourth-order valence-corrected chi connectivity index (χ4v) is 6.00. The van der Waals surface area contributed by atoms with Gasteiger partial charge in [0.05, 0.1) is 57.0 Å². The van der Waals surface area contributed by atoms with Crippen molar-refractivity contribution in [3.8, 4) is 33.6 Å². The molecule has 0 saturated carbocycles. The second kappa shape index (κ2) is 17.3. The van der Waals surface area contributed by atoms with Crippen LogP contribution >= 0.6 is 10.4 Å². The van der Waals surface area contributed by atoms with E-state index in [1.807, 2.05) is 55.5 Å². The summed E-state index contributed by atoms with van der Waals surface area (Å²) in [5.74, 6) is 0.324. The number of hydrogen-bond acceptors (Lipinski definition) is 8. The molecule has 268 valence electrons. The topological polar surface area (TPSA) is 175 Å². The Hall–Kier alpha value is -5.38. The number of aromatic amines is 2. The number of ether oxygens (including phenoxy) is 2. The molecule has 0 saturated heterocycles. The highest BCUT2D eigenvalue weighted by Crippen LogP contribution is 2.42. The van der Waals surface area contributed by atoms with E-state index in [-0.39, 0.29) is 38.0 Å². The maximum atomic E-state index is 14.6. The highest BCUT2D eigenvalue weighted by molar-refractivity contribution is 8.28. The molecule has 16 heteroatoms. The van der Waals surface area contributed by atoms with Gasteiger partial charge in [-0.15, -0.1) is 0 Å². The van der Waals surface area contributed by atoms with Crippen molar-refractivity contribution < 1.29 is 32.5 Å². The van der Waals surface area contributed by atoms with Crippen LogP contribution in [0.15, 0.2) is 60.9 Å². The van der Waals surface area contributed by atoms with Crippen LogP contribution in [0.25, 0.3) is 33.6 Å². The van der Waals surface area contributed by atoms with E-state index in [9.17, 15) is 23.1 Å². The van der Waals surface area contributed by atoms with Crippen molar-refractivity contribution in [2.75, 3.05) is 52.2 Å². The number of methoxy groups -OCH3 is 2. The lowest BCUT2D eigenvalue weighted by molar-refractivity contribution is -0.131. The van der Waals surface area contributed by atoms with Gasteiger partial charge in [0.1, 0.15) is 24.7 Å². The number of aromatic nitrogens is 4. The molecule has 4 aromatic rings. The molecule has 0 aliphatic heterocycles. The van der Waals surface area contributed by atoms with Gasteiger partial charge in [-0.25, -0.2) is 19.6 Å². The average Bonchev–Trinajstić information content (AvgIpc) is 3.78. The van der Waals surface area contributed by atoms with Crippen LogP contribution in [-0.2, 0) is 32.2 Å². The van der Waals surface area contributed by atoms with Crippen molar-refractivity contribution in [2.45, 2.75) is 26.4 Å². The Morgan fingerprint density at radius 1 is 0.720 bits per heavy atom. The third-order valence-electron chi connectivity index (χ3n) is 7.46. The standard InChI is InChI=1S/C34H43FN8O6S/c1-6-15-42(31(44)18-38-33(46)48-2)20-29-36-16-27(40-29)25-11-7-23(8-12-25)24-9-13-26(14-10-24)28-17-37-30(41-28)21-43(22-50(4,5)35)32(45)19-39-34(47)49-3/h7-14,16-17H,6,15,18-22H2,1-5H3,(H,36,40)(H,37,41)(H,38,46)(H,39,47). The number of benzene rings is 2. The number of alkyl carbamates (subject to hydrolysis) is 2. The third kappa shape index (κ3) is 10.8. The quantitative estimate of drug-likeness (QED) is 0.136. The first-order valence-corrected chi connectivity index (χ1v) is 18.3. The summed E-state index contributed by atoms with van der Waals surface area (Å²) >= 11 is 0. The minimum atomic E-state index is -2.55. The van der Waals surface area contributed by atoms with Gasteiger partial charge < -0.3 is 39.9 Å². The summed E-state index contributed by atoms with van der Waals surface area (Å²) in [7, 11) is -0.110. The highest BCUT2D eigenvalue weighted by atomic mass is 32.3. The summed E-state index contributed by atoms with van der Waals surface area (Å²) in [5.41, 5.74) is 5.37. The molecule has 2 heterocycles. The van der Waals surface area contributed by atoms with Crippen LogP contribution in [0.4, 0.5) is 13.5 Å². The van der Waals surface area contributed by atoms with E-state index in [1.54, 1.807) is 17.3 Å². The predicted molar refractivity (Wildman–Crippen MR) is 190 cm³/mol. The molecule has 0 unspecified atom stereocenters. The van der Waals surface area contributed by atoms with E-state index in [0.29, 0.717) is 18.2 Å². The fraction of sp³-hybridized carbons (Fsp3) is 0.353. The van der Waals surface area contributed by atoms with Gasteiger partial charge in [-0.1, -0.05) is 65.9 Å². The summed E-state index contributed by atoms with van der Waals surface area (Å²) < 4.78 is 23.6. The summed E-state index contributed by atoms with van der Waals surface area (Å²) in [6.07, 6.45) is 5.66. The van der Waals surface area contributed by atoms with E-state index in [2.05, 4.69) is 40.0 Å². The van der Waals surface area contributed by atoms with E-state index in [0.717, 1.165) is 40.1 Å². The number of carbonyl (C=O) groups is 4. The second-order valence-corrected chi connectivity index (χ2v) is 14.8. The molecular formula is C34H43FN8O6S. The van der Waals surface area contributed by atoms with Gasteiger partial charge in [-0.3, -0.25) is 9.59 Å². The van der Waals surface area contributed by atoms with Crippen molar-refractivity contribution in [1.82, 2.24) is 40.4 Å². The van der Waals surface area contributed by atoms with E-state index in [1.165, 1.54) is 31.6 Å². The number of nitrogens with zero attached hydrogens (tertiary/aromatic N) is 4. The molecule has 0 atom stereocenters. The third-order valence-corrected chi connectivity index (χ3v) is 8.39. The molecule has 4 rings (SSSR count). The lowest BCUT2D eigenvalue weighted by Crippen LogP contribution is -2.41. The zero-order valence-corrected chi connectivity index (χ0v) is 29.6. The van der Waals surface area contributed by atoms with E-state index >= 15 is 0 Å². The molecule has 2 aromatic heterocycles. The van der Waals surface area contributed by atoms with Crippen LogP contribution < -0.4 is 10.6 Å². The molecular weight excluding hydrogens is 667 g/mol. The Bertz CT molecular complexity index is 1750. The number of hydrogen-bond donors (Lipinski definition) is 4. The van der Waals surface area contributed by atoms with Crippen LogP contribution in [0.1, 0.15) is 25.0 Å². The first kappa shape index (κ1) is 37.4. The maximum absolute atomic E-state index is 14.6. The SMILES string of the molecule is CCCN(Cc1ncc(-c2ccc(-c3ccc(-c4cnc(CN(CS(C)(C)F)C(=O)CNC(=O)OC)[nH]4)cc3)cc2)[nH]1)C(=O)CNC(=O)OC. The maximum Gasteiger partial charge on any atom is 0.407 e. The summed E-state index contributed by atoms with van der Waals surface area (Å²) in [4.78, 5) is 66.5. The largest absolute Gasteiger partial charge is 0.453 e. The monoisotopic (exact) mass is 710 g/mol. The van der Waals surface area contributed by atoms with Crippen LogP contribution in [0.5, 0.6) is 0 Å². The number of halogens is 1. The lowest BCUT2D eigenvalue weighted by Gasteiger charge is -2.29. The number of imidazole rings is 2. The van der Waals surface area contributed by atoms with E-state index in [4.69, 9.17) is 0 Å². The minimum Gasteiger partial charge on any atom is -0.453 e. The van der Waals surface area contributed by atoms with Gasteiger partial charge in [-0.2, -0.15) is 3.89 Å². The summed E-state index contributed by atoms with van der Waals surface area (Å²) in [6.45, 7) is 2.34. The Morgan fingerprint density at radius 2 is 1.12 bits per heavy atom. The van der Waals surface area contributed by atoms with Gasteiger partial charge >= 0.3 is 12.2 Å². The van der Waals surface area contributed by atoms with Crippen molar-refractivity contribution >= 4 is 34.4 Å². The summed E-state index contributed by atoms with van der Waals surface area (Å²) in [5, 5.41) is 4.76. The normalized spacial score (nSPS) is 11.4. The molecule has 0 aliphatic carbocycles. The number of carbonyl (C=O) groups excluding carboxylic acids is 4. The smallest absolute Gasteiger partial charge is 0.407 e. The predicted octanol–water partition coefficient (Wildman–Crippen LogP) is 4.82. The summed E-state index contributed by atoms with van der Waals surface area (Å²) in [6, 6.07) is 15.9. The molecule has 0 spiro atoms. The molecule has 4 amide bonds. The van der Waals surface area contributed by atoms with Crippen LogP contribution in [0, 0.1) is 0 Å². The van der Waals surface area contributed by atoms with Gasteiger partial charge in [0.15, 0.2) is 0 Å². The highest BCUT2D eigenvalue weighted by Gasteiger charge is 2.23. The van der Waals surface area contributed by atoms with Gasteiger partial charge in [0.2, 0.25) is 11.8 Å².